The Morgan fingerprint density at radius 2 is 0.835 bits per heavy atom. The summed E-state index contributed by atoms with van der Waals surface area (Å²) in [5.74, 6) is -1.55. The number of carbonyl (C=O) groups is 8. The van der Waals surface area contributed by atoms with Gasteiger partial charge in [-0.25, -0.2) is 33.6 Å². The van der Waals surface area contributed by atoms with Gasteiger partial charge >= 0.3 is 42.2 Å². The Kier molecular flexibility index (Phi) is 21.3. The van der Waals surface area contributed by atoms with Crippen LogP contribution >= 0.6 is 0 Å². The van der Waals surface area contributed by atoms with Crippen molar-refractivity contribution in [2.45, 2.75) is 166 Å². The van der Waals surface area contributed by atoms with Gasteiger partial charge in [0, 0.05) is 26.2 Å². The second kappa shape index (κ2) is 27.8. The molecule has 1 aromatic heterocycles. The van der Waals surface area contributed by atoms with Crippen molar-refractivity contribution >= 4 is 48.1 Å². The molecule has 0 bridgehead atoms. The fourth-order valence-corrected chi connectivity index (χ4v) is 10.7. The summed E-state index contributed by atoms with van der Waals surface area (Å²) in [5.41, 5.74) is 4.91. The largest absolute Gasteiger partial charge is 0.465 e. The molecule has 0 spiro atoms. The molecule has 0 unspecified atom stereocenters. The zero-order chi connectivity index (χ0) is 67.1. The Labute approximate surface area is 533 Å². The molecule has 22 nitrogen and oxygen atoms in total. The predicted molar refractivity (Wildman–Crippen MR) is 338 cm³/mol. The van der Waals surface area contributed by atoms with Crippen molar-refractivity contribution in [3.8, 4) is 0 Å². The normalized spacial score (nSPS) is 16.4. The Morgan fingerprint density at radius 3 is 1.18 bits per heavy atom. The molecule has 4 aliphatic carbocycles. The molecule has 5 aliphatic rings. The van der Waals surface area contributed by atoms with E-state index in [-0.39, 0.29) is 53.1 Å². The number of nitrogens with one attached hydrogen (secondary N) is 2. The molecule has 0 atom stereocenters. The van der Waals surface area contributed by atoms with Crippen molar-refractivity contribution in [1.29, 1.82) is 0 Å². The van der Waals surface area contributed by atoms with Gasteiger partial charge in [0.15, 0.2) is 0 Å². The molecule has 4 amide bonds. The third-order valence-corrected chi connectivity index (χ3v) is 16.6. The number of methoxy groups -OCH3 is 4. The van der Waals surface area contributed by atoms with Crippen LogP contribution in [-0.2, 0) is 68.4 Å². The highest BCUT2D eigenvalue weighted by Gasteiger charge is 2.52. The zero-order valence-corrected chi connectivity index (χ0v) is 55.5. The number of carbonyl (C=O) groups excluding carboxylic acids is 8. The number of hydrogen-bond acceptors (Lipinski definition) is 17. The third-order valence-electron chi connectivity index (χ3n) is 16.6. The van der Waals surface area contributed by atoms with Gasteiger partial charge in [0.05, 0.1) is 97.9 Å². The van der Waals surface area contributed by atoms with Gasteiger partial charge in [-0.1, -0.05) is 48.5 Å². The zero-order valence-electron chi connectivity index (χ0n) is 55.5. The fourth-order valence-electron chi connectivity index (χ4n) is 10.7. The van der Waals surface area contributed by atoms with E-state index in [1.54, 1.807) is 76.1 Å². The first kappa shape index (κ1) is 69.7. The van der Waals surface area contributed by atoms with E-state index in [1.165, 1.54) is 46.8 Å². The molecule has 1 aliphatic heterocycles. The molecule has 5 aromatic rings. The number of ether oxygens (including phenoxy) is 7. The second-order valence-corrected chi connectivity index (χ2v) is 26.4. The predicted octanol–water partition coefficient (Wildman–Crippen LogP) is 11.2. The third kappa shape index (κ3) is 17.2. The van der Waals surface area contributed by atoms with E-state index in [2.05, 4.69) is 25.2 Å². The summed E-state index contributed by atoms with van der Waals surface area (Å²) < 4.78 is 36.8. The summed E-state index contributed by atoms with van der Waals surface area (Å²) in [7, 11) is 11.0. The highest BCUT2D eigenvalue weighted by molar-refractivity contribution is 5.96. The topological polar surface area (TPSA) is 253 Å². The number of alkyl carbamates (subject to hydrolysis) is 1. The quantitative estimate of drug-likeness (QED) is 0.0821. The van der Waals surface area contributed by atoms with Crippen molar-refractivity contribution in [3.05, 3.63) is 159 Å². The number of amides is 4. The van der Waals surface area contributed by atoms with Gasteiger partial charge in [-0.05, 0) is 192 Å². The van der Waals surface area contributed by atoms with E-state index >= 15 is 0 Å². The summed E-state index contributed by atoms with van der Waals surface area (Å²) in [6.45, 7) is 17.8. The number of fused-ring (bicyclic) bond motifs is 1. The van der Waals surface area contributed by atoms with Crippen molar-refractivity contribution in [1.82, 2.24) is 35.1 Å². The van der Waals surface area contributed by atoms with Crippen LogP contribution in [0.4, 0.5) is 14.4 Å². The lowest BCUT2D eigenvalue weighted by molar-refractivity contribution is 0.0181. The summed E-state index contributed by atoms with van der Waals surface area (Å²) in [4.78, 5) is 101. The highest BCUT2D eigenvalue weighted by Crippen LogP contribution is 2.52. The molecule has 10 rings (SSSR count). The van der Waals surface area contributed by atoms with Crippen molar-refractivity contribution in [2.24, 2.45) is 0 Å². The lowest BCUT2D eigenvalue weighted by atomic mass is 10.0. The molecule has 22 heteroatoms. The molecule has 4 aromatic carbocycles. The number of esters is 4. The second-order valence-electron chi connectivity index (χ2n) is 26.4. The summed E-state index contributed by atoms with van der Waals surface area (Å²) in [5, 5.41) is 10.6. The minimum absolute atomic E-state index is 0.142. The Bertz CT molecular complexity index is 3430. The standard InChI is InChI=1S/C24H30N4O5.C17H23NO4.C16H21NO4.C12H15NO2/c1-23(2,3)33-22(31)27-12-13-28-19(15-27)18(14-25-28)20(29)26(4)24(10-11-24)17-8-6-16(7-9-17)21(30)32-5;1-16(2,3)22-15(20)18(4)17(10-11-17)13-8-6-12(7-9-13)14(19)21-5;1-15(2,3)21-14(19)17-16(9-10-16)12-7-5-11(6-8-12)13(18)20-4;1-13-12(7-8-12)10-5-3-9(4-6-10)11(14)15-2/h6-9,14H,10-13,15H2,1-5H3;6-9H,10-11H2,1-5H3;5-8H,9-10H2,1-4H3,(H,17,19);3-6,13H,7-8H2,1-2H3. The fraction of sp³-hybridized carbons (Fsp3) is 0.493. The molecule has 91 heavy (non-hydrogen) atoms. The van der Waals surface area contributed by atoms with E-state index in [4.69, 9.17) is 23.7 Å². The van der Waals surface area contributed by atoms with Gasteiger partial charge in [-0.2, -0.15) is 5.10 Å². The van der Waals surface area contributed by atoms with Crippen LogP contribution in [0.5, 0.6) is 0 Å². The van der Waals surface area contributed by atoms with Crippen LogP contribution in [0, 0.1) is 0 Å². The molecule has 2 N–H and O–H groups in total. The molecule has 2 heterocycles. The Hall–Kier alpha value is -8.79. The van der Waals surface area contributed by atoms with E-state index in [9.17, 15) is 38.4 Å². The van der Waals surface area contributed by atoms with Crippen molar-refractivity contribution in [3.63, 3.8) is 0 Å². The Balaban J connectivity index is 0.000000179. The molecule has 0 saturated heterocycles. The van der Waals surface area contributed by atoms with Gasteiger partial charge in [0.2, 0.25) is 0 Å². The SMILES string of the molecule is CNC1(c2ccc(C(=O)OC)cc2)CC1.COC(=O)c1ccc(C2(N(C)C(=O)OC(C)(C)C)CC2)cc1.COC(=O)c1ccc(C2(N(C)C(=O)c3cnn4c3CN(C(=O)OC(C)(C)C)CC4)CC2)cc1.COC(=O)c1ccc(C2(NC(=O)OC(C)(C)C)CC2)cc1. The van der Waals surface area contributed by atoms with Gasteiger partial charge in [-0.15, -0.1) is 0 Å². The van der Waals surface area contributed by atoms with Crippen molar-refractivity contribution in [2.75, 3.05) is 56.1 Å². The minimum atomic E-state index is -0.588. The summed E-state index contributed by atoms with van der Waals surface area (Å²) in [6.07, 6.45) is 7.95. The molecule has 4 fully saturated rings. The summed E-state index contributed by atoms with van der Waals surface area (Å²) in [6, 6.07) is 29.1. The Morgan fingerprint density at radius 1 is 0.473 bits per heavy atom. The molecule has 4 saturated carbocycles. The van der Waals surface area contributed by atoms with E-state index in [0.717, 1.165) is 55.2 Å². The minimum Gasteiger partial charge on any atom is -0.465 e. The van der Waals surface area contributed by atoms with Gasteiger partial charge in [0.1, 0.15) is 16.8 Å². The van der Waals surface area contributed by atoms with Crippen LogP contribution in [-0.4, -0.2) is 145 Å². The lowest BCUT2D eigenvalue weighted by Gasteiger charge is -2.32. The number of nitrogens with zero attached hydrogens (tertiary/aromatic N) is 5. The van der Waals surface area contributed by atoms with Crippen LogP contribution in [0.3, 0.4) is 0 Å². The van der Waals surface area contributed by atoms with E-state index < -0.39 is 40.5 Å². The number of hydrogen-bond donors (Lipinski definition) is 2. The van der Waals surface area contributed by atoms with Crippen LogP contribution < -0.4 is 10.6 Å². The maximum atomic E-state index is 13.5. The van der Waals surface area contributed by atoms with E-state index in [1.807, 2.05) is 130 Å². The van der Waals surface area contributed by atoms with Gasteiger partial charge in [0.25, 0.3) is 5.91 Å². The first-order chi connectivity index (χ1) is 42.7. The summed E-state index contributed by atoms with van der Waals surface area (Å²) >= 11 is 0. The first-order valence-electron chi connectivity index (χ1n) is 30.5. The maximum absolute atomic E-state index is 13.5. The molecular weight excluding hydrogens is 1170 g/mol. The smallest absolute Gasteiger partial charge is 0.410 e. The van der Waals surface area contributed by atoms with Crippen LogP contribution in [0.25, 0.3) is 0 Å². The average Bonchev–Trinajstić information content (AvgIpc) is 1.64. The number of rotatable bonds is 13. The van der Waals surface area contributed by atoms with Crippen molar-refractivity contribution < 1.29 is 71.5 Å². The highest BCUT2D eigenvalue weighted by atomic mass is 16.6. The number of aromatic nitrogens is 2. The van der Waals surface area contributed by atoms with Gasteiger partial charge < -0.3 is 58.5 Å². The monoisotopic (exact) mass is 1260 g/mol. The van der Waals surface area contributed by atoms with Crippen LogP contribution in [0.15, 0.2) is 103 Å². The van der Waals surface area contributed by atoms with Crippen LogP contribution in [0.1, 0.15) is 193 Å². The maximum Gasteiger partial charge on any atom is 0.410 e. The molecule has 0 radical (unpaired) electrons. The average molecular weight is 1260 g/mol. The number of benzene rings is 4. The molecule has 490 valence electrons. The molecular formula is C69H89N7O15. The van der Waals surface area contributed by atoms with Gasteiger partial charge in [-0.3, -0.25) is 9.48 Å². The first-order valence-corrected chi connectivity index (χ1v) is 30.5. The van der Waals surface area contributed by atoms with Crippen LogP contribution in [0.2, 0.25) is 0 Å². The van der Waals surface area contributed by atoms with E-state index in [0.29, 0.717) is 46.6 Å². The lowest BCUT2D eigenvalue weighted by Crippen LogP contribution is -2.43.